The predicted octanol–water partition coefficient (Wildman–Crippen LogP) is -0.996. The number of hydrogen-bond acceptors (Lipinski definition) is 7. The van der Waals surface area contributed by atoms with Crippen LogP contribution in [0.3, 0.4) is 0 Å². The van der Waals surface area contributed by atoms with E-state index in [1.807, 2.05) is 0 Å². The topological polar surface area (TPSA) is 125 Å². The average molecular weight is 323 g/mol. The second-order valence-corrected chi connectivity index (χ2v) is 5.07. The van der Waals surface area contributed by atoms with Gasteiger partial charge in [-0.25, -0.2) is 0 Å². The average Bonchev–Trinajstić information content (AvgIpc) is 2.52. The Morgan fingerprint density at radius 3 is 2.30 bits per heavy atom. The summed E-state index contributed by atoms with van der Waals surface area (Å²) in [5.41, 5.74) is 4.81. The van der Waals surface area contributed by atoms with E-state index in [1.54, 1.807) is 32.0 Å². The Hall–Kier alpha value is -2.28. The zero-order valence-corrected chi connectivity index (χ0v) is 13.3. The van der Waals surface area contributed by atoms with Crippen molar-refractivity contribution in [3.05, 3.63) is 23.8 Å². The van der Waals surface area contributed by atoms with Crippen molar-refractivity contribution in [1.29, 1.82) is 0 Å². The summed E-state index contributed by atoms with van der Waals surface area (Å²) in [7, 11) is 0. The molecule has 1 aromatic carbocycles. The van der Waals surface area contributed by atoms with Crippen molar-refractivity contribution in [2.75, 3.05) is 13.2 Å². The largest absolute Gasteiger partial charge is 0.546 e. The monoisotopic (exact) mass is 323 g/mol. The molecule has 0 saturated carbocycles. The summed E-state index contributed by atoms with van der Waals surface area (Å²) in [6.07, 6.45) is 0.946. The maximum absolute atomic E-state index is 11.4. The summed E-state index contributed by atoms with van der Waals surface area (Å²) in [5.74, 6) is -2.45. The molecule has 0 aromatic heterocycles. The molecule has 0 radical (unpaired) electrons. The number of benzene rings is 1. The van der Waals surface area contributed by atoms with Gasteiger partial charge in [-0.2, -0.15) is 0 Å². The van der Waals surface area contributed by atoms with Crippen molar-refractivity contribution >= 4 is 11.9 Å². The van der Waals surface area contributed by atoms with Gasteiger partial charge in [-0.15, -0.1) is 0 Å². The van der Waals surface area contributed by atoms with Crippen LogP contribution in [0.15, 0.2) is 18.2 Å². The van der Waals surface area contributed by atoms with E-state index in [-0.39, 0.29) is 24.3 Å². The zero-order valence-electron chi connectivity index (χ0n) is 13.3. The molecule has 0 spiro atoms. The van der Waals surface area contributed by atoms with E-state index in [0.717, 1.165) is 5.56 Å². The summed E-state index contributed by atoms with van der Waals surface area (Å²) in [6, 6.07) is 4.84. The van der Waals surface area contributed by atoms with Gasteiger partial charge in [-0.3, -0.25) is 0 Å². The van der Waals surface area contributed by atoms with E-state index in [1.165, 1.54) is 0 Å². The fourth-order valence-corrected chi connectivity index (χ4v) is 2.14. The van der Waals surface area contributed by atoms with Crippen molar-refractivity contribution in [2.24, 2.45) is 5.73 Å². The molecule has 0 atom stereocenters. The standard InChI is InChI=1S/C16H23NO6/c1-3-16(4-2,15(20)21)23-12-6-5-11(7-8-17)9-13(12)22-10-14(18)19/h5-6,9H,3-4,7-8,10,17H2,1-2H3,(H,18,19)(H,20,21)/p-2. The highest BCUT2D eigenvalue weighted by Gasteiger charge is 2.31. The first kappa shape index (κ1) is 18.8. The molecule has 0 unspecified atom stereocenters. The van der Waals surface area contributed by atoms with Gasteiger partial charge >= 0.3 is 0 Å². The van der Waals surface area contributed by atoms with E-state index >= 15 is 0 Å². The van der Waals surface area contributed by atoms with Crippen molar-refractivity contribution in [1.82, 2.24) is 0 Å². The molecule has 7 nitrogen and oxygen atoms in total. The molecule has 0 bridgehead atoms. The van der Waals surface area contributed by atoms with Crippen LogP contribution in [0.5, 0.6) is 11.5 Å². The molecule has 1 rings (SSSR count). The second kappa shape index (κ2) is 8.38. The molecular weight excluding hydrogens is 302 g/mol. The SMILES string of the molecule is CCC(CC)(Oc1ccc(CCN)cc1OCC(=O)[O-])C(=O)[O-]. The number of rotatable bonds is 10. The van der Waals surface area contributed by atoms with Crippen LogP contribution in [-0.2, 0) is 16.0 Å². The molecule has 2 N–H and O–H groups in total. The van der Waals surface area contributed by atoms with Gasteiger partial charge in [0.05, 0.1) is 11.9 Å². The van der Waals surface area contributed by atoms with Gasteiger partial charge < -0.3 is 35.0 Å². The number of aliphatic carboxylic acids is 2. The molecule has 0 fully saturated rings. The Kier molecular flexibility index (Phi) is 6.84. The minimum Gasteiger partial charge on any atom is -0.546 e. The summed E-state index contributed by atoms with van der Waals surface area (Å²) in [6.45, 7) is 3.08. The molecule has 7 heteroatoms. The number of nitrogens with two attached hydrogens (primary N) is 1. The third-order valence-electron chi connectivity index (χ3n) is 3.61. The van der Waals surface area contributed by atoms with E-state index in [4.69, 9.17) is 15.2 Å². The van der Waals surface area contributed by atoms with Crippen LogP contribution in [0.25, 0.3) is 0 Å². The highest BCUT2D eigenvalue weighted by molar-refractivity contribution is 5.76. The van der Waals surface area contributed by atoms with Gasteiger partial charge in [-0.1, -0.05) is 19.9 Å². The molecule has 0 aliphatic heterocycles. The molecular formula is C16H21NO6-2. The lowest BCUT2D eigenvalue weighted by Crippen LogP contribution is -2.51. The van der Waals surface area contributed by atoms with Crippen LogP contribution in [-0.4, -0.2) is 30.7 Å². The normalized spacial score (nSPS) is 11.1. The second-order valence-electron chi connectivity index (χ2n) is 5.07. The predicted molar refractivity (Wildman–Crippen MR) is 78.7 cm³/mol. The maximum atomic E-state index is 11.4. The van der Waals surface area contributed by atoms with Crippen LogP contribution in [0, 0.1) is 0 Å². The van der Waals surface area contributed by atoms with Crippen molar-refractivity contribution in [3.63, 3.8) is 0 Å². The number of hydrogen-bond donors (Lipinski definition) is 1. The van der Waals surface area contributed by atoms with Gasteiger partial charge in [0.15, 0.2) is 11.5 Å². The fraction of sp³-hybridized carbons (Fsp3) is 0.500. The number of carbonyl (C=O) groups excluding carboxylic acids is 2. The van der Waals surface area contributed by atoms with Crippen LogP contribution >= 0.6 is 0 Å². The van der Waals surface area contributed by atoms with Crippen LogP contribution in [0.4, 0.5) is 0 Å². The molecule has 0 aliphatic rings. The van der Waals surface area contributed by atoms with Gasteiger partial charge in [0.1, 0.15) is 12.2 Å². The lowest BCUT2D eigenvalue weighted by molar-refractivity contribution is -0.323. The lowest BCUT2D eigenvalue weighted by atomic mass is 9.97. The first-order valence-corrected chi connectivity index (χ1v) is 7.44. The third-order valence-corrected chi connectivity index (χ3v) is 3.61. The van der Waals surface area contributed by atoms with E-state index < -0.39 is 24.1 Å². The van der Waals surface area contributed by atoms with Gasteiger partial charge in [0.2, 0.25) is 0 Å². The number of carboxylic acids is 2. The number of carboxylic acid groups (broad SMARTS) is 2. The molecule has 128 valence electrons. The number of ether oxygens (including phenoxy) is 2. The first-order chi connectivity index (χ1) is 10.9. The molecule has 0 saturated heterocycles. The molecule has 1 aromatic rings. The van der Waals surface area contributed by atoms with Crippen molar-refractivity contribution < 1.29 is 29.3 Å². The smallest absolute Gasteiger partial charge is 0.162 e. The van der Waals surface area contributed by atoms with E-state index in [9.17, 15) is 19.8 Å². The van der Waals surface area contributed by atoms with Gasteiger partial charge in [-0.05, 0) is 43.5 Å². The Morgan fingerprint density at radius 2 is 1.83 bits per heavy atom. The van der Waals surface area contributed by atoms with E-state index in [2.05, 4.69) is 0 Å². The minimum atomic E-state index is -1.50. The Labute approximate surface area is 135 Å². The number of carbonyl (C=O) groups is 2. The highest BCUT2D eigenvalue weighted by Crippen LogP contribution is 2.33. The summed E-state index contributed by atoms with van der Waals surface area (Å²) in [5, 5.41) is 22.0. The van der Waals surface area contributed by atoms with Crippen LogP contribution in [0.2, 0.25) is 0 Å². The highest BCUT2D eigenvalue weighted by atomic mass is 16.6. The van der Waals surface area contributed by atoms with Crippen LogP contribution < -0.4 is 25.4 Å². The van der Waals surface area contributed by atoms with Gasteiger partial charge in [0.25, 0.3) is 0 Å². The minimum absolute atomic E-state index is 0.132. The lowest BCUT2D eigenvalue weighted by Gasteiger charge is -2.34. The molecule has 0 heterocycles. The van der Waals surface area contributed by atoms with Crippen molar-refractivity contribution in [2.45, 2.75) is 38.7 Å². The van der Waals surface area contributed by atoms with Gasteiger partial charge in [0, 0.05) is 0 Å². The fourth-order valence-electron chi connectivity index (χ4n) is 2.14. The Balaban J connectivity index is 3.16. The third kappa shape index (κ3) is 4.85. The summed E-state index contributed by atoms with van der Waals surface area (Å²) in [4.78, 5) is 22.0. The summed E-state index contributed by atoms with van der Waals surface area (Å²) < 4.78 is 10.8. The maximum Gasteiger partial charge on any atom is 0.162 e. The Morgan fingerprint density at radius 1 is 1.17 bits per heavy atom. The first-order valence-electron chi connectivity index (χ1n) is 7.44. The summed E-state index contributed by atoms with van der Waals surface area (Å²) >= 11 is 0. The molecule has 0 aliphatic carbocycles. The van der Waals surface area contributed by atoms with Crippen molar-refractivity contribution in [3.8, 4) is 11.5 Å². The molecule has 23 heavy (non-hydrogen) atoms. The van der Waals surface area contributed by atoms with Crippen LogP contribution in [0.1, 0.15) is 32.3 Å². The quantitative estimate of drug-likeness (QED) is 0.585. The Bertz CT molecular complexity index is 554. The zero-order chi connectivity index (χ0) is 17.5. The molecule has 0 amide bonds. The van der Waals surface area contributed by atoms with E-state index in [0.29, 0.717) is 13.0 Å².